The Balaban J connectivity index is 1.50. The highest BCUT2D eigenvalue weighted by atomic mass is 35.5. The van der Waals surface area contributed by atoms with Gasteiger partial charge in [-0.25, -0.2) is 4.79 Å². The quantitative estimate of drug-likeness (QED) is 0.722. The normalized spacial score (nSPS) is 15.8. The fourth-order valence-corrected chi connectivity index (χ4v) is 3.89. The summed E-state index contributed by atoms with van der Waals surface area (Å²) in [6, 6.07) is 14.2. The van der Waals surface area contributed by atoms with Crippen LogP contribution in [-0.2, 0) is 4.79 Å². The minimum atomic E-state index is -0.239. The molecule has 1 aliphatic heterocycles. The van der Waals surface area contributed by atoms with Gasteiger partial charge >= 0.3 is 6.03 Å². The zero-order chi connectivity index (χ0) is 20.1. The summed E-state index contributed by atoms with van der Waals surface area (Å²) in [5.41, 5.74) is 1.61. The van der Waals surface area contributed by atoms with Crippen molar-refractivity contribution in [1.82, 2.24) is 10.2 Å². The van der Waals surface area contributed by atoms with Crippen LogP contribution in [-0.4, -0.2) is 29.9 Å². The molecule has 148 valence electrons. The van der Waals surface area contributed by atoms with Crippen LogP contribution in [0, 0.1) is 5.92 Å². The summed E-state index contributed by atoms with van der Waals surface area (Å²) in [6.45, 7) is 2.96. The molecular weight excluding hydrogens is 397 g/mol. The van der Waals surface area contributed by atoms with Gasteiger partial charge in [0.1, 0.15) is 0 Å². The van der Waals surface area contributed by atoms with Crippen molar-refractivity contribution in [3.05, 3.63) is 64.1 Å². The minimum Gasteiger partial charge on any atom is -0.331 e. The number of anilines is 1. The number of carbonyl (C=O) groups is 2. The van der Waals surface area contributed by atoms with Gasteiger partial charge in [-0.2, -0.15) is 0 Å². The van der Waals surface area contributed by atoms with E-state index in [4.69, 9.17) is 23.2 Å². The third-order valence-electron chi connectivity index (χ3n) is 4.96. The molecule has 0 saturated carbocycles. The lowest BCUT2D eigenvalue weighted by Gasteiger charge is -2.32. The third kappa shape index (κ3) is 5.18. The van der Waals surface area contributed by atoms with Crippen molar-refractivity contribution in [1.29, 1.82) is 0 Å². The van der Waals surface area contributed by atoms with Crippen LogP contribution < -0.4 is 10.6 Å². The van der Waals surface area contributed by atoms with E-state index in [1.807, 2.05) is 43.3 Å². The van der Waals surface area contributed by atoms with E-state index in [0.717, 1.165) is 11.3 Å². The molecule has 2 N–H and O–H groups in total. The molecule has 0 radical (unpaired) electrons. The Kier molecular flexibility index (Phi) is 6.81. The number of carbonyl (C=O) groups excluding carboxylic acids is 2. The number of likely N-dealkylation sites (tertiary alicyclic amines) is 1. The van der Waals surface area contributed by atoms with Gasteiger partial charge in [0.2, 0.25) is 5.91 Å². The summed E-state index contributed by atoms with van der Waals surface area (Å²) >= 11 is 12.1. The van der Waals surface area contributed by atoms with Crippen LogP contribution >= 0.6 is 23.2 Å². The van der Waals surface area contributed by atoms with Gasteiger partial charge < -0.3 is 15.5 Å². The van der Waals surface area contributed by atoms with Crippen LogP contribution in [0.5, 0.6) is 0 Å². The second kappa shape index (κ2) is 9.30. The van der Waals surface area contributed by atoms with Crippen LogP contribution in [0.15, 0.2) is 48.5 Å². The van der Waals surface area contributed by atoms with Crippen LogP contribution in [0.1, 0.15) is 31.4 Å². The summed E-state index contributed by atoms with van der Waals surface area (Å²) in [7, 11) is 0. The number of para-hydroxylation sites is 1. The number of piperidine rings is 1. The molecule has 1 atom stereocenters. The summed E-state index contributed by atoms with van der Waals surface area (Å²) in [6.07, 6.45) is 1.28. The number of nitrogens with zero attached hydrogens (tertiary/aromatic N) is 1. The third-order valence-corrected chi connectivity index (χ3v) is 5.53. The number of urea groups is 1. The van der Waals surface area contributed by atoms with Crippen molar-refractivity contribution >= 4 is 40.8 Å². The fraction of sp³-hybridized carbons (Fsp3) is 0.333. The summed E-state index contributed by atoms with van der Waals surface area (Å²) in [5, 5.41) is 6.99. The first kappa shape index (κ1) is 20.5. The van der Waals surface area contributed by atoms with Crippen LogP contribution in [0.2, 0.25) is 10.0 Å². The molecule has 0 unspecified atom stereocenters. The molecule has 28 heavy (non-hydrogen) atoms. The van der Waals surface area contributed by atoms with Gasteiger partial charge in [-0.3, -0.25) is 4.79 Å². The first-order valence-corrected chi connectivity index (χ1v) is 10.1. The van der Waals surface area contributed by atoms with Gasteiger partial charge in [0.05, 0.1) is 6.04 Å². The lowest BCUT2D eigenvalue weighted by atomic mass is 9.96. The predicted molar refractivity (Wildman–Crippen MR) is 113 cm³/mol. The average Bonchev–Trinajstić information content (AvgIpc) is 2.68. The molecular formula is C21H23Cl2N3O2. The molecule has 1 fully saturated rings. The van der Waals surface area contributed by atoms with Crippen LogP contribution in [0.4, 0.5) is 10.5 Å². The van der Waals surface area contributed by atoms with E-state index in [1.165, 1.54) is 0 Å². The topological polar surface area (TPSA) is 61.4 Å². The molecule has 3 rings (SSSR count). The molecule has 0 aliphatic carbocycles. The Morgan fingerprint density at radius 1 is 1.07 bits per heavy atom. The first-order valence-electron chi connectivity index (χ1n) is 9.30. The number of hydrogen-bond acceptors (Lipinski definition) is 2. The highest BCUT2D eigenvalue weighted by Gasteiger charge is 2.28. The Hall–Kier alpha value is -2.24. The molecule has 0 bridgehead atoms. The predicted octanol–water partition coefficient (Wildman–Crippen LogP) is 5.11. The fourth-order valence-electron chi connectivity index (χ4n) is 3.32. The molecule has 5 nitrogen and oxygen atoms in total. The second-order valence-electron chi connectivity index (χ2n) is 6.95. The highest BCUT2D eigenvalue weighted by molar-refractivity contribution is 6.35. The molecule has 2 aromatic rings. The monoisotopic (exact) mass is 419 g/mol. The van der Waals surface area contributed by atoms with Crippen molar-refractivity contribution in [3.8, 4) is 0 Å². The van der Waals surface area contributed by atoms with E-state index in [1.54, 1.807) is 17.0 Å². The molecule has 1 saturated heterocycles. The van der Waals surface area contributed by atoms with E-state index in [9.17, 15) is 9.59 Å². The van der Waals surface area contributed by atoms with Gasteiger partial charge in [0.15, 0.2) is 0 Å². The summed E-state index contributed by atoms with van der Waals surface area (Å²) in [4.78, 5) is 26.7. The molecule has 1 heterocycles. The Bertz CT molecular complexity index is 837. The first-order chi connectivity index (χ1) is 13.4. The highest BCUT2D eigenvalue weighted by Crippen LogP contribution is 2.26. The molecule has 3 amide bonds. The average molecular weight is 420 g/mol. The number of hydrogen-bond donors (Lipinski definition) is 2. The molecule has 0 aromatic heterocycles. The number of amides is 3. The second-order valence-corrected chi connectivity index (χ2v) is 7.80. The Labute approximate surface area is 175 Å². The van der Waals surface area contributed by atoms with Crippen LogP contribution in [0.3, 0.4) is 0 Å². The largest absolute Gasteiger partial charge is 0.331 e. The van der Waals surface area contributed by atoms with E-state index < -0.39 is 0 Å². The maximum atomic E-state index is 12.6. The number of halogens is 2. The standard InChI is InChI=1S/C21H23Cl2N3O2/c1-14(18-8-7-16(22)13-19(18)23)24-21(28)26-11-9-15(10-12-26)20(27)25-17-5-3-2-4-6-17/h2-8,13-15H,9-12H2,1H3,(H,24,28)(H,25,27)/t14-/m0/s1. The van der Waals surface area contributed by atoms with Crippen molar-refractivity contribution in [2.75, 3.05) is 18.4 Å². The molecule has 0 spiro atoms. The summed E-state index contributed by atoms with van der Waals surface area (Å²) in [5.74, 6) is -0.0834. The molecule has 1 aliphatic rings. The lowest BCUT2D eigenvalue weighted by molar-refractivity contribution is -0.121. The maximum absolute atomic E-state index is 12.6. The van der Waals surface area contributed by atoms with Crippen molar-refractivity contribution in [3.63, 3.8) is 0 Å². The lowest BCUT2D eigenvalue weighted by Crippen LogP contribution is -2.46. The number of nitrogens with one attached hydrogen (secondary N) is 2. The van der Waals surface area contributed by atoms with Crippen molar-refractivity contribution in [2.24, 2.45) is 5.92 Å². The Morgan fingerprint density at radius 2 is 1.75 bits per heavy atom. The smallest absolute Gasteiger partial charge is 0.317 e. The van der Waals surface area contributed by atoms with E-state index in [0.29, 0.717) is 36.0 Å². The minimum absolute atomic E-state index is 0.00701. The van der Waals surface area contributed by atoms with Gasteiger partial charge in [0.25, 0.3) is 0 Å². The van der Waals surface area contributed by atoms with E-state index in [-0.39, 0.29) is 23.9 Å². The zero-order valence-electron chi connectivity index (χ0n) is 15.6. The molecule has 7 heteroatoms. The van der Waals surface area contributed by atoms with Gasteiger partial charge in [-0.1, -0.05) is 47.5 Å². The summed E-state index contributed by atoms with van der Waals surface area (Å²) < 4.78 is 0. The number of benzene rings is 2. The zero-order valence-corrected chi connectivity index (χ0v) is 17.1. The van der Waals surface area contributed by atoms with E-state index >= 15 is 0 Å². The SMILES string of the molecule is C[C@H](NC(=O)N1CCC(C(=O)Nc2ccccc2)CC1)c1ccc(Cl)cc1Cl. The van der Waals surface area contributed by atoms with E-state index in [2.05, 4.69) is 10.6 Å². The maximum Gasteiger partial charge on any atom is 0.317 e. The van der Waals surface area contributed by atoms with Gasteiger partial charge in [-0.05, 0) is 49.6 Å². The van der Waals surface area contributed by atoms with Crippen LogP contribution in [0.25, 0.3) is 0 Å². The van der Waals surface area contributed by atoms with Gasteiger partial charge in [-0.15, -0.1) is 0 Å². The van der Waals surface area contributed by atoms with Crippen molar-refractivity contribution in [2.45, 2.75) is 25.8 Å². The van der Waals surface area contributed by atoms with Gasteiger partial charge in [0, 0.05) is 34.7 Å². The Morgan fingerprint density at radius 3 is 2.39 bits per heavy atom. The number of rotatable bonds is 4. The van der Waals surface area contributed by atoms with Crippen molar-refractivity contribution < 1.29 is 9.59 Å². The molecule has 2 aromatic carbocycles.